The maximum Gasteiger partial charge on any atom is 0.224 e. The van der Waals surface area contributed by atoms with E-state index in [-0.39, 0.29) is 23.2 Å². The molecule has 1 aliphatic heterocycles. The van der Waals surface area contributed by atoms with Crippen LogP contribution in [0.2, 0.25) is 0 Å². The van der Waals surface area contributed by atoms with Crippen molar-refractivity contribution < 1.29 is 9.18 Å². The molecule has 0 spiro atoms. The van der Waals surface area contributed by atoms with Crippen LogP contribution in [0.5, 0.6) is 0 Å². The van der Waals surface area contributed by atoms with Gasteiger partial charge in [-0.15, -0.1) is 17.9 Å². The van der Waals surface area contributed by atoms with Crippen molar-refractivity contribution >= 4 is 17.2 Å². The lowest BCUT2D eigenvalue weighted by Gasteiger charge is -2.43. The summed E-state index contributed by atoms with van der Waals surface area (Å²) in [6, 6.07) is 19.0. The van der Waals surface area contributed by atoms with Crippen molar-refractivity contribution in [3.63, 3.8) is 0 Å². The molecular formula is C26H26FNOS. The summed E-state index contributed by atoms with van der Waals surface area (Å²) in [5.74, 6) is -0.0331. The Balaban J connectivity index is 1.50. The minimum atomic E-state index is -0.234. The van der Waals surface area contributed by atoms with Crippen LogP contribution in [0.3, 0.4) is 0 Å². The van der Waals surface area contributed by atoms with Gasteiger partial charge in [-0.1, -0.05) is 48.5 Å². The lowest BCUT2D eigenvalue weighted by molar-refractivity contribution is -0.138. The molecule has 0 saturated carbocycles. The van der Waals surface area contributed by atoms with Crippen molar-refractivity contribution in [2.45, 2.75) is 37.6 Å². The van der Waals surface area contributed by atoms with E-state index in [4.69, 9.17) is 0 Å². The number of nitrogens with zero attached hydrogens (tertiary/aromatic N) is 1. The average Bonchev–Trinajstić information content (AvgIpc) is 3.30. The van der Waals surface area contributed by atoms with Gasteiger partial charge in [0.1, 0.15) is 5.82 Å². The molecule has 1 fully saturated rings. The number of halogens is 1. The molecule has 1 saturated heterocycles. The molecule has 3 aromatic rings. The lowest BCUT2D eigenvalue weighted by Crippen LogP contribution is -2.46. The molecule has 2 aromatic carbocycles. The molecule has 0 radical (unpaired) electrons. The zero-order valence-electron chi connectivity index (χ0n) is 17.2. The second-order valence-electron chi connectivity index (χ2n) is 8.07. The number of piperidine rings is 1. The topological polar surface area (TPSA) is 20.3 Å². The molecule has 4 heteroatoms. The molecule has 1 unspecified atom stereocenters. The smallest absolute Gasteiger partial charge is 0.224 e. The monoisotopic (exact) mass is 419 g/mol. The summed E-state index contributed by atoms with van der Waals surface area (Å²) in [6.07, 6.45) is 4.24. The largest absolute Gasteiger partial charge is 0.336 e. The Hall–Kier alpha value is -2.72. The molecule has 2 heterocycles. The van der Waals surface area contributed by atoms with E-state index in [1.54, 1.807) is 23.5 Å². The van der Waals surface area contributed by atoms with Gasteiger partial charge in [0, 0.05) is 23.3 Å². The summed E-state index contributed by atoms with van der Waals surface area (Å²) >= 11 is 1.73. The molecule has 4 rings (SSSR count). The Kier molecular flexibility index (Phi) is 5.87. The van der Waals surface area contributed by atoms with E-state index in [1.165, 1.54) is 17.0 Å². The Morgan fingerprint density at radius 3 is 2.37 bits per heavy atom. The number of carbonyl (C=O) groups is 1. The zero-order valence-corrected chi connectivity index (χ0v) is 18.0. The summed E-state index contributed by atoms with van der Waals surface area (Å²) in [4.78, 5) is 16.5. The maximum absolute atomic E-state index is 13.2. The van der Waals surface area contributed by atoms with Crippen molar-refractivity contribution in [2.75, 3.05) is 6.54 Å². The van der Waals surface area contributed by atoms with Crippen LogP contribution in [0.25, 0.3) is 11.1 Å². The van der Waals surface area contributed by atoms with Gasteiger partial charge in [-0.2, -0.15) is 0 Å². The number of allylic oxidation sites excluding steroid dienone is 1. The number of rotatable bonds is 6. The minimum Gasteiger partial charge on any atom is -0.336 e. The third-order valence-electron chi connectivity index (χ3n) is 6.26. The van der Waals surface area contributed by atoms with Gasteiger partial charge in [0.25, 0.3) is 0 Å². The van der Waals surface area contributed by atoms with Gasteiger partial charge < -0.3 is 4.90 Å². The second kappa shape index (κ2) is 8.57. The Bertz CT molecular complexity index is 1010. The van der Waals surface area contributed by atoms with Crippen molar-refractivity contribution in [1.82, 2.24) is 4.90 Å². The second-order valence-corrected chi connectivity index (χ2v) is 9.02. The van der Waals surface area contributed by atoms with Crippen LogP contribution < -0.4 is 0 Å². The minimum absolute atomic E-state index is 0.0184. The predicted molar refractivity (Wildman–Crippen MR) is 122 cm³/mol. The van der Waals surface area contributed by atoms with Gasteiger partial charge in [-0.25, -0.2) is 4.39 Å². The third-order valence-corrected chi connectivity index (χ3v) is 7.37. The van der Waals surface area contributed by atoms with E-state index in [9.17, 15) is 9.18 Å². The molecule has 1 amide bonds. The van der Waals surface area contributed by atoms with Gasteiger partial charge in [0.05, 0.1) is 6.04 Å². The van der Waals surface area contributed by atoms with Crippen LogP contribution in [0, 0.1) is 5.82 Å². The van der Waals surface area contributed by atoms with E-state index < -0.39 is 0 Å². The fourth-order valence-electron chi connectivity index (χ4n) is 4.47. The number of hydrogen-bond donors (Lipinski definition) is 0. The Morgan fingerprint density at radius 1 is 1.13 bits per heavy atom. The predicted octanol–water partition coefficient (Wildman–Crippen LogP) is 6.75. The summed E-state index contributed by atoms with van der Waals surface area (Å²) < 4.78 is 13.2. The number of carbonyl (C=O) groups excluding carboxylic acids is 1. The summed E-state index contributed by atoms with van der Waals surface area (Å²) in [7, 11) is 0. The van der Waals surface area contributed by atoms with Gasteiger partial charge >= 0.3 is 0 Å². The lowest BCUT2D eigenvalue weighted by atomic mass is 9.73. The number of benzene rings is 2. The van der Waals surface area contributed by atoms with Crippen LogP contribution in [0.15, 0.2) is 78.7 Å². The number of hydrogen-bond acceptors (Lipinski definition) is 2. The molecule has 154 valence electrons. The molecule has 2 nitrogen and oxygen atoms in total. The first-order chi connectivity index (χ1) is 14.5. The van der Waals surface area contributed by atoms with Gasteiger partial charge in [-0.05, 0) is 60.0 Å². The SMILES string of the molecule is C=CCC1(c2cccs2)CCN([C@@H](C)c2ccc(-c3ccc(F)cc3)cc2)C(=O)C1. The molecule has 1 aromatic heterocycles. The van der Waals surface area contributed by atoms with E-state index in [0.29, 0.717) is 6.42 Å². The first-order valence-corrected chi connectivity index (χ1v) is 11.2. The molecule has 1 aliphatic rings. The van der Waals surface area contributed by atoms with Crippen LogP contribution in [-0.2, 0) is 10.2 Å². The van der Waals surface area contributed by atoms with Crippen molar-refractivity contribution in [2.24, 2.45) is 0 Å². The Morgan fingerprint density at radius 2 is 1.80 bits per heavy atom. The average molecular weight is 420 g/mol. The number of thiophene rings is 1. The highest BCUT2D eigenvalue weighted by Crippen LogP contribution is 2.43. The molecule has 30 heavy (non-hydrogen) atoms. The quantitative estimate of drug-likeness (QED) is 0.405. The first kappa shape index (κ1) is 20.5. The molecular weight excluding hydrogens is 393 g/mol. The highest BCUT2D eigenvalue weighted by atomic mass is 32.1. The standard InChI is InChI=1S/C26H26FNOS/c1-3-14-26(24-5-4-17-30-24)15-16-28(25(29)18-26)19(2)20-6-8-21(9-7-20)22-10-12-23(27)13-11-22/h3-13,17,19H,1,14-16,18H2,2H3/t19-,26?/m0/s1. The summed E-state index contributed by atoms with van der Waals surface area (Å²) in [5.41, 5.74) is 3.02. The van der Waals surface area contributed by atoms with Crippen LogP contribution in [0.1, 0.15) is 42.7 Å². The fourth-order valence-corrected chi connectivity index (χ4v) is 5.43. The summed E-state index contributed by atoms with van der Waals surface area (Å²) in [6.45, 7) is 6.77. The number of amides is 1. The molecule has 0 aliphatic carbocycles. The molecule has 0 bridgehead atoms. The van der Waals surface area contributed by atoms with Crippen molar-refractivity contribution in [1.29, 1.82) is 0 Å². The third kappa shape index (κ3) is 3.97. The van der Waals surface area contributed by atoms with E-state index in [2.05, 4.69) is 43.1 Å². The van der Waals surface area contributed by atoms with E-state index in [0.717, 1.165) is 36.1 Å². The van der Waals surface area contributed by atoms with Gasteiger partial charge in [0.15, 0.2) is 0 Å². The molecule has 0 N–H and O–H groups in total. The van der Waals surface area contributed by atoms with Gasteiger partial charge in [0.2, 0.25) is 5.91 Å². The zero-order chi connectivity index (χ0) is 21.1. The van der Waals surface area contributed by atoms with Crippen LogP contribution in [-0.4, -0.2) is 17.4 Å². The number of likely N-dealkylation sites (tertiary alicyclic amines) is 1. The van der Waals surface area contributed by atoms with Crippen LogP contribution >= 0.6 is 11.3 Å². The fraction of sp³-hybridized carbons (Fsp3) is 0.269. The Labute approximate surface area is 181 Å². The highest BCUT2D eigenvalue weighted by molar-refractivity contribution is 7.10. The summed E-state index contributed by atoms with van der Waals surface area (Å²) in [5, 5.41) is 2.09. The maximum atomic E-state index is 13.2. The highest BCUT2D eigenvalue weighted by Gasteiger charge is 2.41. The van der Waals surface area contributed by atoms with E-state index in [1.807, 2.05) is 23.1 Å². The van der Waals surface area contributed by atoms with Crippen LogP contribution in [0.4, 0.5) is 4.39 Å². The van der Waals surface area contributed by atoms with Crippen molar-refractivity contribution in [3.05, 3.63) is 95.0 Å². The first-order valence-electron chi connectivity index (χ1n) is 10.3. The molecule has 2 atom stereocenters. The normalized spacial score (nSPS) is 20.2. The van der Waals surface area contributed by atoms with E-state index >= 15 is 0 Å². The van der Waals surface area contributed by atoms with Gasteiger partial charge in [-0.3, -0.25) is 4.79 Å². The van der Waals surface area contributed by atoms with Crippen molar-refractivity contribution in [3.8, 4) is 11.1 Å².